The van der Waals surface area contributed by atoms with Crippen LogP contribution in [0.2, 0.25) is 5.15 Å². The Hall–Kier alpha value is -1.14. The third-order valence-electron chi connectivity index (χ3n) is 2.40. The van der Waals surface area contributed by atoms with Crippen LogP contribution in [0.1, 0.15) is 23.7 Å². The summed E-state index contributed by atoms with van der Waals surface area (Å²) in [6.45, 7) is 1.81. The predicted molar refractivity (Wildman–Crippen MR) is 70.7 cm³/mol. The quantitative estimate of drug-likeness (QED) is 0.810. The summed E-state index contributed by atoms with van der Waals surface area (Å²) in [6, 6.07) is 1.53. The highest BCUT2D eigenvalue weighted by Gasteiger charge is 2.18. The number of nitrogens with one attached hydrogen (secondary N) is 1. The molecule has 1 heterocycles. The summed E-state index contributed by atoms with van der Waals surface area (Å²) in [6.07, 6.45) is 1.92. The number of halogens is 2. The molecule has 18 heavy (non-hydrogen) atoms. The number of amides is 1. The summed E-state index contributed by atoms with van der Waals surface area (Å²) in [7, 11) is 0. The Labute approximate surface area is 118 Å². The molecule has 0 aliphatic carbocycles. The number of rotatable bonds is 5. The number of carbonyl (C=O) groups is 2. The van der Waals surface area contributed by atoms with Gasteiger partial charge in [-0.2, -0.15) is 0 Å². The summed E-state index contributed by atoms with van der Waals surface area (Å²) in [5, 5.41) is 11.5. The van der Waals surface area contributed by atoms with Gasteiger partial charge in [-0.1, -0.05) is 18.5 Å². The second-order valence-electron chi connectivity index (χ2n) is 3.65. The van der Waals surface area contributed by atoms with Crippen molar-refractivity contribution in [2.45, 2.75) is 13.3 Å². The number of carbonyl (C=O) groups excluding carboxylic acids is 1. The smallest absolute Gasteiger partial charge is 0.308 e. The minimum atomic E-state index is -0.934. The monoisotopic (exact) mass is 334 g/mol. The van der Waals surface area contributed by atoms with Crippen LogP contribution in [-0.2, 0) is 4.79 Å². The molecule has 1 rings (SSSR count). The number of carboxylic acid groups (broad SMARTS) is 1. The second kappa shape index (κ2) is 6.70. The van der Waals surface area contributed by atoms with Crippen LogP contribution in [0.3, 0.4) is 0 Å². The molecule has 1 aromatic rings. The minimum Gasteiger partial charge on any atom is -0.481 e. The highest BCUT2D eigenvalue weighted by Crippen LogP contribution is 2.17. The molecular formula is C11H12BrClN2O3. The van der Waals surface area contributed by atoms with Gasteiger partial charge in [-0.15, -0.1) is 0 Å². The van der Waals surface area contributed by atoms with Crippen LogP contribution in [-0.4, -0.2) is 28.5 Å². The lowest BCUT2D eigenvalue weighted by molar-refractivity contribution is -0.141. The number of aromatic nitrogens is 1. The fourth-order valence-electron chi connectivity index (χ4n) is 1.30. The second-order valence-corrected chi connectivity index (χ2v) is 4.92. The van der Waals surface area contributed by atoms with E-state index in [0.29, 0.717) is 10.9 Å². The lowest BCUT2D eigenvalue weighted by atomic mass is 10.1. The van der Waals surface area contributed by atoms with Gasteiger partial charge in [-0.3, -0.25) is 9.59 Å². The molecule has 0 aliphatic rings. The average Bonchev–Trinajstić information content (AvgIpc) is 2.32. The van der Waals surface area contributed by atoms with Gasteiger partial charge in [0.15, 0.2) is 0 Å². The van der Waals surface area contributed by atoms with E-state index < -0.39 is 17.8 Å². The third kappa shape index (κ3) is 3.96. The zero-order chi connectivity index (χ0) is 13.7. The number of hydrogen-bond donors (Lipinski definition) is 2. The van der Waals surface area contributed by atoms with Crippen LogP contribution in [0.25, 0.3) is 0 Å². The first-order valence-electron chi connectivity index (χ1n) is 5.27. The molecule has 1 amide bonds. The van der Waals surface area contributed by atoms with Gasteiger partial charge < -0.3 is 10.4 Å². The van der Waals surface area contributed by atoms with E-state index in [0.717, 1.165) is 0 Å². The highest BCUT2D eigenvalue weighted by molar-refractivity contribution is 9.10. The maximum absolute atomic E-state index is 11.8. The van der Waals surface area contributed by atoms with E-state index in [2.05, 4.69) is 26.2 Å². The van der Waals surface area contributed by atoms with Gasteiger partial charge in [0, 0.05) is 17.2 Å². The molecule has 0 spiro atoms. The standard InChI is InChI=1S/C11H12BrClN2O3/c1-2-6(11(17)18)4-15-10(16)8-3-7(12)5-14-9(8)13/h3,5-6H,2,4H2,1H3,(H,15,16)(H,17,18). The van der Waals surface area contributed by atoms with Crippen molar-refractivity contribution >= 4 is 39.4 Å². The van der Waals surface area contributed by atoms with E-state index >= 15 is 0 Å². The molecular weight excluding hydrogens is 323 g/mol. The molecule has 98 valence electrons. The summed E-state index contributed by atoms with van der Waals surface area (Å²) >= 11 is 8.98. The molecule has 0 saturated heterocycles. The van der Waals surface area contributed by atoms with Gasteiger partial charge in [0.05, 0.1) is 11.5 Å². The zero-order valence-corrected chi connectivity index (χ0v) is 12.0. The summed E-state index contributed by atoms with van der Waals surface area (Å²) < 4.78 is 0.627. The van der Waals surface area contributed by atoms with E-state index in [-0.39, 0.29) is 17.3 Å². The van der Waals surface area contributed by atoms with Crippen LogP contribution in [0.15, 0.2) is 16.7 Å². The van der Waals surface area contributed by atoms with E-state index in [1.165, 1.54) is 12.3 Å². The SMILES string of the molecule is CCC(CNC(=O)c1cc(Br)cnc1Cl)C(=O)O. The Morgan fingerprint density at radius 3 is 2.83 bits per heavy atom. The third-order valence-corrected chi connectivity index (χ3v) is 3.14. The molecule has 0 bridgehead atoms. The Kier molecular flexibility index (Phi) is 5.55. The Bertz CT molecular complexity index is 468. The molecule has 0 radical (unpaired) electrons. The molecule has 1 aromatic heterocycles. The number of carboxylic acids is 1. The lowest BCUT2D eigenvalue weighted by Gasteiger charge is -2.11. The summed E-state index contributed by atoms with van der Waals surface area (Å²) in [4.78, 5) is 26.4. The van der Waals surface area contributed by atoms with Crippen molar-refractivity contribution in [2.75, 3.05) is 6.54 Å². The minimum absolute atomic E-state index is 0.0630. The van der Waals surface area contributed by atoms with Crippen LogP contribution in [0.5, 0.6) is 0 Å². The van der Waals surface area contributed by atoms with Crippen LogP contribution >= 0.6 is 27.5 Å². The maximum Gasteiger partial charge on any atom is 0.308 e. The van der Waals surface area contributed by atoms with Crippen LogP contribution in [0, 0.1) is 5.92 Å². The topological polar surface area (TPSA) is 79.3 Å². The molecule has 2 N–H and O–H groups in total. The van der Waals surface area contributed by atoms with Crippen LogP contribution < -0.4 is 5.32 Å². The van der Waals surface area contributed by atoms with Crippen molar-refractivity contribution in [3.05, 3.63) is 27.5 Å². The van der Waals surface area contributed by atoms with E-state index in [1.807, 2.05) is 0 Å². The fourth-order valence-corrected chi connectivity index (χ4v) is 1.82. The Balaban J connectivity index is 2.71. The first kappa shape index (κ1) is 14.9. The molecule has 5 nitrogen and oxygen atoms in total. The van der Waals surface area contributed by atoms with Gasteiger partial charge in [0.1, 0.15) is 5.15 Å². The molecule has 1 atom stereocenters. The summed E-state index contributed by atoms with van der Waals surface area (Å²) in [5.74, 6) is -1.97. The van der Waals surface area contributed by atoms with E-state index in [4.69, 9.17) is 16.7 Å². The molecule has 0 saturated carbocycles. The van der Waals surface area contributed by atoms with E-state index in [1.54, 1.807) is 6.92 Å². The van der Waals surface area contributed by atoms with Gasteiger partial charge in [0.2, 0.25) is 0 Å². The normalized spacial score (nSPS) is 11.9. The number of nitrogens with zero attached hydrogens (tertiary/aromatic N) is 1. The average molecular weight is 336 g/mol. The number of hydrogen-bond acceptors (Lipinski definition) is 3. The Morgan fingerprint density at radius 2 is 2.28 bits per heavy atom. The van der Waals surface area contributed by atoms with Crippen molar-refractivity contribution in [1.29, 1.82) is 0 Å². The van der Waals surface area contributed by atoms with Gasteiger partial charge in [0.25, 0.3) is 5.91 Å². The molecule has 0 aromatic carbocycles. The largest absolute Gasteiger partial charge is 0.481 e. The first-order valence-corrected chi connectivity index (χ1v) is 6.44. The van der Waals surface area contributed by atoms with Gasteiger partial charge in [-0.05, 0) is 28.4 Å². The highest BCUT2D eigenvalue weighted by atomic mass is 79.9. The molecule has 0 fully saturated rings. The lowest BCUT2D eigenvalue weighted by Crippen LogP contribution is -2.32. The molecule has 1 unspecified atom stereocenters. The van der Waals surface area contributed by atoms with Crippen molar-refractivity contribution < 1.29 is 14.7 Å². The van der Waals surface area contributed by atoms with Crippen molar-refractivity contribution in [3.8, 4) is 0 Å². The number of pyridine rings is 1. The van der Waals surface area contributed by atoms with Crippen molar-refractivity contribution in [2.24, 2.45) is 5.92 Å². The van der Waals surface area contributed by atoms with Crippen molar-refractivity contribution in [3.63, 3.8) is 0 Å². The molecule has 7 heteroatoms. The van der Waals surface area contributed by atoms with E-state index in [9.17, 15) is 9.59 Å². The molecule has 0 aliphatic heterocycles. The Morgan fingerprint density at radius 1 is 1.61 bits per heavy atom. The van der Waals surface area contributed by atoms with Gasteiger partial charge in [-0.25, -0.2) is 4.98 Å². The zero-order valence-electron chi connectivity index (χ0n) is 9.61. The number of aliphatic carboxylic acids is 1. The first-order chi connectivity index (χ1) is 8.45. The maximum atomic E-state index is 11.8. The summed E-state index contributed by atoms with van der Waals surface area (Å²) in [5.41, 5.74) is 0.214. The van der Waals surface area contributed by atoms with Crippen molar-refractivity contribution in [1.82, 2.24) is 10.3 Å². The fraction of sp³-hybridized carbons (Fsp3) is 0.364. The predicted octanol–water partition coefficient (Wildman–Crippen LogP) is 2.34. The van der Waals surface area contributed by atoms with Gasteiger partial charge >= 0.3 is 5.97 Å². The van der Waals surface area contributed by atoms with Crippen LogP contribution in [0.4, 0.5) is 0 Å².